The van der Waals surface area contributed by atoms with Crippen molar-refractivity contribution in [3.8, 4) is 0 Å². The van der Waals surface area contributed by atoms with Gasteiger partial charge in [-0.3, -0.25) is 0 Å². The van der Waals surface area contributed by atoms with Crippen LogP contribution in [0.25, 0.3) is 0 Å². The lowest BCUT2D eigenvalue weighted by molar-refractivity contribution is 0.0832. The first kappa shape index (κ1) is 16.5. The van der Waals surface area contributed by atoms with Crippen molar-refractivity contribution in [1.82, 2.24) is 10.0 Å². The summed E-state index contributed by atoms with van der Waals surface area (Å²) >= 11 is 0. The molecule has 120 valence electrons. The molecule has 0 aliphatic carbocycles. The monoisotopic (exact) mass is 316 g/mol. The Bertz CT molecular complexity index is 547. The van der Waals surface area contributed by atoms with E-state index in [2.05, 4.69) is 17.0 Å². The van der Waals surface area contributed by atoms with Crippen molar-refractivity contribution < 1.29 is 17.6 Å². The standard InChI is InChI=1S/C14H24N2O4S/c1-3-6-15-10-13-9-14(11(2)20-13)21(17,18)16-12-4-7-19-8-5-12/h9,12,15-16H,3-8,10H2,1-2H3. The Morgan fingerprint density at radius 1 is 1.33 bits per heavy atom. The Balaban J connectivity index is 2.04. The van der Waals surface area contributed by atoms with Crippen molar-refractivity contribution in [2.24, 2.45) is 0 Å². The Morgan fingerprint density at radius 2 is 2.05 bits per heavy atom. The highest BCUT2D eigenvalue weighted by molar-refractivity contribution is 7.89. The summed E-state index contributed by atoms with van der Waals surface area (Å²) in [6.07, 6.45) is 2.44. The maximum Gasteiger partial charge on any atom is 0.244 e. The first-order chi connectivity index (χ1) is 10.0. The second-order valence-electron chi connectivity index (χ2n) is 5.32. The summed E-state index contributed by atoms with van der Waals surface area (Å²) in [5.74, 6) is 1.08. The minimum Gasteiger partial charge on any atom is -0.464 e. The van der Waals surface area contributed by atoms with E-state index in [0.717, 1.165) is 13.0 Å². The lowest BCUT2D eigenvalue weighted by Crippen LogP contribution is -2.38. The fraction of sp³-hybridized carbons (Fsp3) is 0.714. The van der Waals surface area contributed by atoms with E-state index in [1.807, 2.05) is 0 Å². The average molecular weight is 316 g/mol. The summed E-state index contributed by atoms with van der Waals surface area (Å²) in [4.78, 5) is 0.238. The zero-order valence-electron chi connectivity index (χ0n) is 12.6. The van der Waals surface area contributed by atoms with E-state index in [1.165, 1.54) is 0 Å². The van der Waals surface area contributed by atoms with Crippen LogP contribution in [-0.4, -0.2) is 34.2 Å². The summed E-state index contributed by atoms with van der Waals surface area (Å²) in [6.45, 7) is 6.38. The van der Waals surface area contributed by atoms with Crippen LogP contribution in [-0.2, 0) is 21.3 Å². The molecule has 0 atom stereocenters. The van der Waals surface area contributed by atoms with Crippen LogP contribution in [0.1, 0.15) is 37.7 Å². The van der Waals surface area contributed by atoms with E-state index >= 15 is 0 Å². The van der Waals surface area contributed by atoms with Crippen LogP contribution in [0.4, 0.5) is 0 Å². The summed E-state index contributed by atoms with van der Waals surface area (Å²) < 4.78 is 38.4. The molecule has 0 amide bonds. The van der Waals surface area contributed by atoms with Gasteiger partial charge in [-0.25, -0.2) is 13.1 Å². The molecule has 1 fully saturated rings. The smallest absolute Gasteiger partial charge is 0.244 e. The molecule has 1 aromatic heterocycles. The zero-order chi connectivity index (χ0) is 15.3. The highest BCUT2D eigenvalue weighted by Gasteiger charge is 2.25. The molecule has 2 rings (SSSR count). The van der Waals surface area contributed by atoms with Gasteiger partial charge < -0.3 is 14.5 Å². The molecule has 1 saturated heterocycles. The molecule has 1 aromatic rings. The predicted molar refractivity (Wildman–Crippen MR) is 79.6 cm³/mol. The van der Waals surface area contributed by atoms with E-state index in [-0.39, 0.29) is 10.9 Å². The maximum absolute atomic E-state index is 12.4. The molecule has 6 nitrogen and oxygen atoms in total. The predicted octanol–water partition coefficient (Wildman–Crippen LogP) is 1.54. The van der Waals surface area contributed by atoms with Gasteiger partial charge in [0.05, 0.1) is 6.54 Å². The molecule has 2 heterocycles. The van der Waals surface area contributed by atoms with Crippen molar-refractivity contribution in [2.75, 3.05) is 19.8 Å². The molecule has 0 aromatic carbocycles. The van der Waals surface area contributed by atoms with Gasteiger partial charge in [0.1, 0.15) is 16.4 Å². The third-order valence-corrected chi connectivity index (χ3v) is 5.11. The quantitative estimate of drug-likeness (QED) is 0.746. The Kier molecular flexibility index (Phi) is 5.80. The van der Waals surface area contributed by atoms with Crippen LogP contribution in [0.15, 0.2) is 15.4 Å². The van der Waals surface area contributed by atoms with Crippen molar-refractivity contribution >= 4 is 10.0 Å². The van der Waals surface area contributed by atoms with Gasteiger partial charge in [0.2, 0.25) is 10.0 Å². The summed E-state index contributed by atoms with van der Waals surface area (Å²) in [6, 6.07) is 1.55. The molecule has 2 N–H and O–H groups in total. The second kappa shape index (κ2) is 7.40. The SMILES string of the molecule is CCCNCc1cc(S(=O)(=O)NC2CCOCC2)c(C)o1. The van der Waals surface area contributed by atoms with Gasteiger partial charge in [0.25, 0.3) is 0 Å². The molecule has 1 aliphatic heterocycles. The summed E-state index contributed by atoms with van der Waals surface area (Å²) in [7, 11) is -3.53. The zero-order valence-corrected chi connectivity index (χ0v) is 13.5. The van der Waals surface area contributed by atoms with Gasteiger partial charge in [-0.05, 0) is 32.7 Å². The lowest BCUT2D eigenvalue weighted by Gasteiger charge is -2.22. The normalized spacial score (nSPS) is 17.2. The largest absolute Gasteiger partial charge is 0.464 e. The van der Waals surface area contributed by atoms with Crippen LogP contribution >= 0.6 is 0 Å². The molecule has 0 spiro atoms. The molecule has 0 unspecified atom stereocenters. The third kappa shape index (κ3) is 4.54. The van der Waals surface area contributed by atoms with E-state index in [0.29, 0.717) is 44.1 Å². The van der Waals surface area contributed by atoms with E-state index in [1.54, 1.807) is 13.0 Å². The summed E-state index contributed by atoms with van der Waals surface area (Å²) in [5.41, 5.74) is 0. The molecule has 21 heavy (non-hydrogen) atoms. The third-order valence-electron chi connectivity index (χ3n) is 3.48. The lowest BCUT2D eigenvalue weighted by atomic mass is 10.1. The van der Waals surface area contributed by atoms with Crippen molar-refractivity contribution in [3.63, 3.8) is 0 Å². The van der Waals surface area contributed by atoms with E-state index < -0.39 is 10.0 Å². The minimum absolute atomic E-state index is 0.0558. The molecular weight excluding hydrogens is 292 g/mol. The number of ether oxygens (including phenoxy) is 1. The molecule has 0 bridgehead atoms. The average Bonchev–Trinajstić information content (AvgIpc) is 2.82. The Morgan fingerprint density at radius 3 is 2.71 bits per heavy atom. The van der Waals surface area contributed by atoms with Crippen molar-refractivity contribution in [1.29, 1.82) is 0 Å². The first-order valence-electron chi connectivity index (χ1n) is 7.43. The fourth-order valence-corrected chi connectivity index (χ4v) is 3.87. The number of hydrogen-bond donors (Lipinski definition) is 2. The van der Waals surface area contributed by atoms with Crippen LogP contribution in [0.5, 0.6) is 0 Å². The molecule has 7 heteroatoms. The number of sulfonamides is 1. The van der Waals surface area contributed by atoms with Gasteiger partial charge in [0.15, 0.2) is 0 Å². The number of hydrogen-bond acceptors (Lipinski definition) is 5. The van der Waals surface area contributed by atoms with Crippen LogP contribution in [0.3, 0.4) is 0 Å². The summed E-state index contributed by atoms with van der Waals surface area (Å²) in [5, 5.41) is 3.20. The first-order valence-corrected chi connectivity index (χ1v) is 8.91. The number of nitrogens with one attached hydrogen (secondary N) is 2. The maximum atomic E-state index is 12.4. The molecular formula is C14H24N2O4S. The molecule has 0 saturated carbocycles. The topological polar surface area (TPSA) is 80.6 Å². The Hall–Kier alpha value is -0.890. The van der Waals surface area contributed by atoms with E-state index in [9.17, 15) is 8.42 Å². The van der Waals surface area contributed by atoms with Crippen LogP contribution < -0.4 is 10.0 Å². The van der Waals surface area contributed by atoms with Gasteiger partial charge in [-0.1, -0.05) is 6.92 Å². The molecule has 1 aliphatic rings. The van der Waals surface area contributed by atoms with E-state index in [4.69, 9.17) is 9.15 Å². The highest BCUT2D eigenvalue weighted by atomic mass is 32.2. The van der Waals surface area contributed by atoms with Crippen LogP contribution in [0, 0.1) is 6.92 Å². The van der Waals surface area contributed by atoms with Gasteiger partial charge >= 0.3 is 0 Å². The number of rotatable bonds is 7. The minimum atomic E-state index is -3.53. The number of furan rings is 1. The van der Waals surface area contributed by atoms with Crippen LogP contribution in [0.2, 0.25) is 0 Å². The van der Waals surface area contributed by atoms with Gasteiger partial charge in [-0.15, -0.1) is 0 Å². The highest BCUT2D eigenvalue weighted by Crippen LogP contribution is 2.21. The van der Waals surface area contributed by atoms with Crippen molar-refractivity contribution in [3.05, 3.63) is 17.6 Å². The van der Waals surface area contributed by atoms with Gasteiger partial charge in [0, 0.05) is 25.3 Å². The molecule has 0 radical (unpaired) electrons. The fourth-order valence-electron chi connectivity index (χ4n) is 2.36. The van der Waals surface area contributed by atoms with Gasteiger partial charge in [-0.2, -0.15) is 0 Å². The Labute approximate surface area is 126 Å². The number of aryl methyl sites for hydroxylation is 1. The van der Waals surface area contributed by atoms with Crippen molar-refractivity contribution in [2.45, 2.75) is 50.6 Å². The second-order valence-corrected chi connectivity index (χ2v) is 7.00.